The summed E-state index contributed by atoms with van der Waals surface area (Å²) >= 11 is 1.52. The van der Waals surface area contributed by atoms with E-state index in [0.717, 1.165) is 33.4 Å². The number of anilines is 1. The summed E-state index contributed by atoms with van der Waals surface area (Å²) in [5.41, 5.74) is 4.70. The zero-order valence-electron chi connectivity index (χ0n) is 14.5. The van der Waals surface area contributed by atoms with Crippen LogP contribution in [-0.2, 0) is 22.6 Å². The lowest BCUT2D eigenvalue weighted by Gasteiger charge is -2.12. The first-order chi connectivity index (χ1) is 11.5. The maximum absolute atomic E-state index is 12.3. The summed E-state index contributed by atoms with van der Waals surface area (Å²) in [5.74, 6) is -0.0219. The van der Waals surface area contributed by atoms with Gasteiger partial charge in [0.2, 0.25) is 5.91 Å². The van der Waals surface area contributed by atoms with E-state index in [1.54, 1.807) is 7.11 Å². The van der Waals surface area contributed by atoms with Crippen LogP contribution in [0.2, 0.25) is 0 Å². The van der Waals surface area contributed by atoms with Crippen molar-refractivity contribution in [2.45, 2.75) is 38.5 Å². The number of carbonyl (C=O) groups is 1. The van der Waals surface area contributed by atoms with Crippen molar-refractivity contribution in [3.63, 3.8) is 0 Å². The van der Waals surface area contributed by atoms with Crippen LogP contribution in [0.4, 0.5) is 5.69 Å². The van der Waals surface area contributed by atoms with Gasteiger partial charge in [-0.1, -0.05) is 30.0 Å². The summed E-state index contributed by atoms with van der Waals surface area (Å²) in [6.07, 6.45) is 2.98. The van der Waals surface area contributed by atoms with Crippen LogP contribution in [0.25, 0.3) is 0 Å². The second-order valence-corrected chi connectivity index (χ2v) is 6.27. The maximum Gasteiger partial charge on any atom is 0.224 e. The summed E-state index contributed by atoms with van der Waals surface area (Å²) in [6, 6.07) is 7.67. The number of thioether (sulfide) groups is 1. The van der Waals surface area contributed by atoms with Crippen LogP contribution in [0, 0.1) is 13.8 Å². The average molecular weight is 345 g/mol. The molecule has 24 heavy (non-hydrogen) atoms. The molecule has 0 atom stereocenters. The number of nitrogens with zero attached hydrogens (tertiary/aromatic N) is 2. The number of carbonyl (C=O) groups excluding carboxylic acids is 1. The molecule has 0 saturated heterocycles. The van der Waals surface area contributed by atoms with Gasteiger partial charge in [-0.05, 0) is 38.2 Å². The highest BCUT2D eigenvalue weighted by atomic mass is 32.2. The predicted octanol–water partition coefficient (Wildman–Crippen LogP) is 3.53. The van der Waals surface area contributed by atoms with Crippen molar-refractivity contribution in [1.82, 2.24) is 9.97 Å². The maximum atomic E-state index is 12.3. The van der Waals surface area contributed by atoms with Crippen molar-refractivity contribution in [3.05, 3.63) is 46.8 Å². The van der Waals surface area contributed by atoms with E-state index in [4.69, 9.17) is 4.74 Å². The fraction of sp³-hybridized carbons (Fsp3) is 0.389. The van der Waals surface area contributed by atoms with Crippen LogP contribution in [-0.4, -0.2) is 29.2 Å². The van der Waals surface area contributed by atoms with Crippen LogP contribution in [0.15, 0.2) is 29.4 Å². The number of ether oxygens (including phenoxy) is 1. The molecule has 2 rings (SSSR count). The van der Waals surface area contributed by atoms with Gasteiger partial charge < -0.3 is 10.1 Å². The van der Waals surface area contributed by atoms with Gasteiger partial charge in [0.1, 0.15) is 0 Å². The van der Waals surface area contributed by atoms with Gasteiger partial charge in [-0.15, -0.1) is 0 Å². The molecule has 6 heteroatoms. The van der Waals surface area contributed by atoms with Gasteiger partial charge in [0.05, 0.1) is 6.61 Å². The molecule has 2 aromatic rings. The second-order valence-electron chi connectivity index (χ2n) is 5.50. The number of aryl methyl sites for hydroxylation is 2. The van der Waals surface area contributed by atoms with E-state index in [0.29, 0.717) is 19.4 Å². The van der Waals surface area contributed by atoms with Crippen molar-refractivity contribution in [2.75, 3.05) is 18.7 Å². The number of hydrogen-bond acceptors (Lipinski definition) is 5. The van der Waals surface area contributed by atoms with Gasteiger partial charge in [0, 0.05) is 36.2 Å². The van der Waals surface area contributed by atoms with Gasteiger partial charge in [-0.25, -0.2) is 9.97 Å². The Balaban J connectivity index is 2.02. The number of benzene rings is 1. The van der Waals surface area contributed by atoms with Gasteiger partial charge >= 0.3 is 0 Å². The Labute approximate surface area is 147 Å². The fourth-order valence-electron chi connectivity index (χ4n) is 2.54. The van der Waals surface area contributed by atoms with E-state index >= 15 is 0 Å². The molecule has 0 bridgehead atoms. The average Bonchev–Trinajstić information content (AvgIpc) is 2.56. The molecule has 1 aromatic carbocycles. The third kappa shape index (κ3) is 4.79. The Morgan fingerprint density at radius 3 is 2.50 bits per heavy atom. The van der Waals surface area contributed by atoms with E-state index in [2.05, 4.69) is 15.3 Å². The molecule has 0 fully saturated rings. The summed E-state index contributed by atoms with van der Waals surface area (Å²) in [5, 5.41) is 3.73. The molecule has 0 aliphatic carbocycles. The molecule has 0 radical (unpaired) electrons. The van der Waals surface area contributed by atoms with Crippen molar-refractivity contribution in [1.29, 1.82) is 0 Å². The van der Waals surface area contributed by atoms with E-state index in [9.17, 15) is 4.79 Å². The normalized spacial score (nSPS) is 10.7. The topological polar surface area (TPSA) is 64.1 Å². The Bertz CT molecular complexity index is 696. The lowest BCUT2D eigenvalue weighted by Crippen LogP contribution is -2.15. The number of methoxy groups -OCH3 is 1. The Morgan fingerprint density at radius 2 is 1.88 bits per heavy atom. The molecular weight excluding hydrogens is 322 g/mol. The van der Waals surface area contributed by atoms with Crippen molar-refractivity contribution in [3.8, 4) is 0 Å². The quantitative estimate of drug-likeness (QED) is 0.614. The minimum Gasteiger partial charge on any atom is -0.380 e. The molecule has 1 amide bonds. The molecule has 0 aliphatic rings. The number of hydrogen-bond donors (Lipinski definition) is 1. The third-order valence-corrected chi connectivity index (χ3v) is 4.32. The van der Waals surface area contributed by atoms with Crippen molar-refractivity contribution >= 4 is 23.4 Å². The second kappa shape index (κ2) is 8.80. The summed E-state index contributed by atoms with van der Waals surface area (Å²) in [6.45, 7) is 4.41. The highest BCUT2D eigenvalue weighted by Crippen LogP contribution is 2.19. The SMILES string of the molecule is COCc1ccccc1NC(=O)CCc1c(C)nc(SC)nc1C. The molecule has 0 spiro atoms. The number of amides is 1. The third-order valence-electron chi connectivity index (χ3n) is 3.78. The van der Waals surface area contributed by atoms with Crippen LogP contribution in [0.1, 0.15) is 28.9 Å². The number of aromatic nitrogens is 2. The summed E-state index contributed by atoms with van der Waals surface area (Å²) in [4.78, 5) is 21.2. The smallest absolute Gasteiger partial charge is 0.224 e. The first kappa shape index (κ1) is 18.4. The van der Waals surface area contributed by atoms with Crippen LogP contribution < -0.4 is 5.32 Å². The predicted molar refractivity (Wildman–Crippen MR) is 97.4 cm³/mol. The fourth-order valence-corrected chi connectivity index (χ4v) is 2.99. The van der Waals surface area contributed by atoms with Crippen LogP contribution in [0.5, 0.6) is 0 Å². The first-order valence-corrected chi connectivity index (χ1v) is 9.02. The van der Waals surface area contributed by atoms with Gasteiger partial charge in [-0.2, -0.15) is 0 Å². The number of rotatable bonds is 7. The van der Waals surface area contributed by atoms with E-state index < -0.39 is 0 Å². The lowest BCUT2D eigenvalue weighted by atomic mass is 10.1. The van der Waals surface area contributed by atoms with Crippen LogP contribution >= 0.6 is 11.8 Å². The largest absolute Gasteiger partial charge is 0.380 e. The molecule has 0 aliphatic heterocycles. The zero-order valence-corrected chi connectivity index (χ0v) is 15.4. The highest BCUT2D eigenvalue weighted by molar-refractivity contribution is 7.98. The summed E-state index contributed by atoms with van der Waals surface area (Å²) in [7, 11) is 1.64. The zero-order chi connectivity index (χ0) is 17.5. The molecule has 128 valence electrons. The number of para-hydroxylation sites is 1. The van der Waals surface area contributed by atoms with E-state index in [1.807, 2.05) is 44.4 Å². The van der Waals surface area contributed by atoms with E-state index in [-0.39, 0.29) is 5.91 Å². The van der Waals surface area contributed by atoms with Gasteiger partial charge in [-0.3, -0.25) is 4.79 Å². The minimum absolute atomic E-state index is 0.0219. The Hall–Kier alpha value is -1.92. The molecular formula is C18H23N3O2S. The van der Waals surface area contributed by atoms with Crippen molar-refractivity contribution in [2.24, 2.45) is 0 Å². The first-order valence-electron chi connectivity index (χ1n) is 7.80. The highest BCUT2D eigenvalue weighted by Gasteiger charge is 2.11. The monoisotopic (exact) mass is 345 g/mol. The minimum atomic E-state index is -0.0219. The van der Waals surface area contributed by atoms with Crippen molar-refractivity contribution < 1.29 is 9.53 Å². The van der Waals surface area contributed by atoms with Gasteiger partial charge in [0.15, 0.2) is 5.16 Å². The standard InChI is InChI=1S/C18H23N3O2S/c1-12-15(13(2)20-18(19-12)24-4)9-10-17(22)21-16-8-6-5-7-14(16)11-23-3/h5-8H,9-11H2,1-4H3,(H,21,22). The summed E-state index contributed by atoms with van der Waals surface area (Å²) < 4.78 is 5.16. The number of nitrogens with one attached hydrogen (secondary N) is 1. The van der Waals surface area contributed by atoms with E-state index in [1.165, 1.54) is 11.8 Å². The molecule has 5 nitrogen and oxygen atoms in total. The molecule has 0 unspecified atom stereocenters. The van der Waals surface area contributed by atoms with Crippen LogP contribution in [0.3, 0.4) is 0 Å². The molecule has 1 aromatic heterocycles. The molecule has 1 N–H and O–H groups in total. The Morgan fingerprint density at radius 1 is 1.21 bits per heavy atom. The molecule has 0 saturated carbocycles. The Kier molecular flexibility index (Phi) is 6.75. The molecule has 1 heterocycles. The lowest BCUT2D eigenvalue weighted by molar-refractivity contribution is -0.116. The van der Waals surface area contributed by atoms with Gasteiger partial charge in [0.25, 0.3) is 0 Å².